The number of hydrogen-bond acceptors (Lipinski definition) is 4. The van der Waals surface area contributed by atoms with Gasteiger partial charge in [-0.1, -0.05) is 19.0 Å². The van der Waals surface area contributed by atoms with Gasteiger partial charge >= 0.3 is 0 Å². The summed E-state index contributed by atoms with van der Waals surface area (Å²) in [5.74, 6) is 1.42. The number of nitrogens with zero attached hydrogens (tertiary/aromatic N) is 2. The second-order valence-electron chi connectivity index (χ2n) is 5.41. The molecule has 5 heteroatoms. The Morgan fingerprint density at radius 1 is 1.56 bits per heavy atom. The highest BCUT2D eigenvalue weighted by Gasteiger charge is 2.25. The third-order valence-electron chi connectivity index (χ3n) is 3.40. The van der Waals surface area contributed by atoms with Crippen molar-refractivity contribution in [3.8, 4) is 0 Å². The molecule has 1 fully saturated rings. The lowest BCUT2D eigenvalue weighted by atomic mass is 9.93. The largest absolute Gasteiger partial charge is 0.368 e. The SMILES string of the molecule is CC(C)CC(=O)N1CCC(c2cc(N)on2)CC1. The zero-order chi connectivity index (χ0) is 13.1. The van der Waals surface area contributed by atoms with E-state index >= 15 is 0 Å². The Labute approximate surface area is 107 Å². The molecular formula is C13H21N3O2. The molecule has 18 heavy (non-hydrogen) atoms. The third kappa shape index (κ3) is 3.03. The van der Waals surface area contributed by atoms with Gasteiger partial charge in [0.05, 0.1) is 5.69 Å². The molecule has 5 nitrogen and oxygen atoms in total. The summed E-state index contributed by atoms with van der Waals surface area (Å²) in [6.07, 6.45) is 2.52. The number of likely N-dealkylation sites (tertiary alicyclic amines) is 1. The zero-order valence-electron chi connectivity index (χ0n) is 11.1. The molecule has 1 saturated heterocycles. The number of anilines is 1. The van der Waals surface area contributed by atoms with Gasteiger partial charge in [0.15, 0.2) is 0 Å². The van der Waals surface area contributed by atoms with E-state index in [2.05, 4.69) is 19.0 Å². The number of rotatable bonds is 3. The van der Waals surface area contributed by atoms with Gasteiger partial charge < -0.3 is 15.2 Å². The summed E-state index contributed by atoms with van der Waals surface area (Å²) >= 11 is 0. The summed E-state index contributed by atoms with van der Waals surface area (Å²) in [6, 6.07) is 1.79. The van der Waals surface area contributed by atoms with Crippen LogP contribution in [0.5, 0.6) is 0 Å². The number of carbonyl (C=O) groups excluding carboxylic acids is 1. The van der Waals surface area contributed by atoms with Gasteiger partial charge in [0, 0.05) is 31.5 Å². The first-order valence-corrected chi connectivity index (χ1v) is 6.56. The molecule has 0 saturated carbocycles. The smallest absolute Gasteiger partial charge is 0.222 e. The molecule has 0 unspecified atom stereocenters. The van der Waals surface area contributed by atoms with Crippen molar-refractivity contribution in [1.29, 1.82) is 0 Å². The average molecular weight is 251 g/mol. The van der Waals surface area contributed by atoms with Crippen molar-refractivity contribution in [2.24, 2.45) is 5.92 Å². The number of nitrogens with two attached hydrogens (primary N) is 1. The zero-order valence-corrected chi connectivity index (χ0v) is 11.1. The van der Waals surface area contributed by atoms with Gasteiger partial charge in [-0.3, -0.25) is 4.79 Å². The van der Waals surface area contributed by atoms with Crippen molar-refractivity contribution in [2.45, 2.75) is 39.0 Å². The topological polar surface area (TPSA) is 72.4 Å². The molecule has 0 aliphatic carbocycles. The molecular weight excluding hydrogens is 230 g/mol. The van der Waals surface area contributed by atoms with Crippen molar-refractivity contribution in [3.05, 3.63) is 11.8 Å². The summed E-state index contributed by atoms with van der Waals surface area (Å²) in [7, 11) is 0. The van der Waals surface area contributed by atoms with Crippen LogP contribution in [0.25, 0.3) is 0 Å². The van der Waals surface area contributed by atoms with Gasteiger partial charge in [-0.2, -0.15) is 0 Å². The molecule has 1 amide bonds. The lowest BCUT2D eigenvalue weighted by Crippen LogP contribution is -2.38. The number of amides is 1. The first-order chi connectivity index (χ1) is 8.56. The van der Waals surface area contributed by atoms with Crippen molar-refractivity contribution < 1.29 is 9.32 Å². The second kappa shape index (κ2) is 5.42. The van der Waals surface area contributed by atoms with Crippen LogP contribution in [0.3, 0.4) is 0 Å². The quantitative estimate of drug-likeness (QED) is 0.892. The van der Waals surface area contributed by atoms with Gasteiger partial charge in [0.2, 0.25) is 11.8 Å². The number of hydrogen-bond donors (Lipinski definition) is 1. The Hall–Kier alpha value is -1.52. The number of carbonyl (C=O) groups is 1. The predicted octanol–water partition coefficient (Wildman–Crippen LogP) is 2.01. The van der Waals surface area contributed by atoms with Gasteiger partial charge in [0.1, 0.15) is 0 Å². The molecule has 0 bridgehead atoms. The highest BCUT2D eigenvalue weighted by molar-refractivity contribution is 5.76. The highest BCUT2D eigenvalue weighted by atomic mass is 16.5. The Bertz CT molecular complexity index is 406. The fourth-order valence-electron chi connectivity index (χ4n) is 2.40. The van der Waals surface area contributed by atoms with Crippen LogP contribution < -0.4 is 5.73 Å². The molecule has 1 aromatic heterocycles. The number of aromatic nitrogens is 1. The average Bonchev–Trinajstić information content (AvgIpc) is 2.75. The predicted molar refractivity (Wildman–Crippen MR) is 68.9 cm³/mol. The molecule has 0 atom stereocenters. The van der Waals surface area contributed by atoms with Crippen LogP contribution >= 0.6 is 0 Å². The molecule has 100 valence electrons. The van der Waals surface area contributed by atoms with Crippen molar-refractivity contribution in [2.75, 3.05) is 18.8 Å². The molecule has 2 rings (SSSR count). The van der Waals surface area contributed by atoms with Gasteiger partial charge in [-0.15, -0.1) is 0 Å². The van der Waals surface area contributed by atoms with Crippen LogP contribution in [0.15, 0.2) is 10.6 Å². The van der Waals surface area contributed by atoms with Gasteiger partial charge in [-0.25, -0.2) is 0 Å². The molecule has 1 aliphatic heterocycles. The fourth-order valence-corrected chi connectivity index (χ4v) is 2.40. The van der Waals surface area contributed by atoms with E-state index in [0.29, 0.717) is 24.1 Å². The second-order valence-corrected chi connectivity index (χ2v) is 5.41. The maximum Gasteiger partial charge on any atom is 0.222 e. The fraction of sp³-hybridized carbons (Fsp3) is 0.692. The van der Waals surface area contributed by atoms with E-state index in [4.69, 9.17) is 10.3 Å². The first-order valence-electron chi connectivity index (χ1n) is 6.56. The number of nitrogen functional groups attached to an aromatic ring is 1. The standard InChI is InChI=1S/C13H21N3O2/c1-9(2)7-13(17)16-5-3-10(4-6-16)11-8-12(14)18-15-11/h8-10H,3-7,14H2,1-2H3. The van der Waals surface area contributed by atoms with Crippen molar-refractivity contribution >= 4 is 11.8 Å². The van der Waals surface area contributed by atoms with Gasteiger partial charge in [-0.05, 0) is 18.8 Å². The van der Waals surface area contributed by atoms with Crippen LogP contribution in [0.2, 0.25) is 0 Å². The minimum atomic E-state index is 0.267. The third-order valence-corrected chi connectivity index (χ3v) is 3.40. The lowest BCUT2D eigenvalue weighted by Gasteiger charge is -2.31. The summed E-state index contributed by atoms with van der Waals surface area (Å²) < 4.78 is 4.89. The van der Waals surface area contributed by atoms with Crippen molar-refractivity contribution in [1.82, 2.24) is 10.1 Å². The van der Waals surface area contributed by atoms with E-state index in [1.807, 2.05) is 4.90 Å². The van der Waals surface area contributed by atoms with E-state index in [9.17, 15) is 4.79 Å². The molecule has 2 heterocycles. The first kappa shape index (κ1) is 12.9. The van der Waals surface area contributed by atoms with Crippen LogP contribution in [0.1, 0.15) is 44.7 Å². The molecule has 0 spiro atoms. The lowest BCUT2D eigenvalue weighted by molar-refractivity contribution is -0.133. The van der Waals surface area contributed by atoms with E-state index in [1.54, 1.807) is 6.07 Å². The van der Waals surface area contributed by atoms with Gasteiger partial charge in [0.25, 0.3) is 0 Å². The van der Waals surface area contributed by atoms with Crippen molar-refractivity contribution in [3.63, 3.8) is 0 Å². The molecule has 0 aromatic carbocycles. The van der Waals surface area contributed by atoms with E-state index in [-0.39, 0.29) is 5.91 Å². The Balaban J connectivity index is 1.86. The summed E-state index contributed by atoms with van der Waals surface area (Å²) in [5.41, 5.74) is 6.44. The van der Waals surface area contributed by atoms with E-state index < -0.39 is 0 Å². The molecule has 1 aliphatic rings. The molecule has 0 radical (unpaired) electrons. The van der Waals surface area contributed by atoms with Crippen LogP contribution in [-0.4, -0.2) is 29.1 Å². The van der Waals surface area contributed by atoms with Crippen LogP contribution in [0, 0.1) is 5.92 Å². The van der Waals surface area contributed by atoms with Crippen LogP contribution in [0.4, 0.5) is 5.88 Å². The Kier molecular flexibility index (Phi) is 3.89. The van der Waals surface area contributed by atoms with E-state index in [1.165, 1.54) is 0 Å². The Morgan fingerprint density at radius 3 is 2.72 bits per heavy atom. The maximum absolute atomic E-state index is 11.9. The summed E-state index contributed by atoms with van der Waals surface area (Å²) in [6.45, 7) is 5.76. The minimum Gasteiger partial charge on any atom is -0.368 e. The summed E-state index contributed by atoms with van der Waals surface area (Å²) in [5, 5.41) is 3.95. The maximum atomic E-state index is 11.9. The molecule has 2 N–H and O–H groups in total. The van der Waals surface area contributed by atoms with E-state index in [0.717, 1.165) is 31.6 Å². The summed E-state index contributed by atoms with van der Waals surface area (Å²) in [4.78, 5) is 13.9. The molecule has 1 aromatic rings. The normalized spacial score (nSPS) is 17.4. The Morgan fingerprint density at radius 2 is 2.22 bits per heavy atom. The minimum absolute atomic E-state index is 0.267. The number of piperidine rings is 1. The van der Waals surface area contributed by atoms with Crippen LogP contribution in [-0.2, 0) is 4.79 Å². The highest BCUT2D eigenvalue weighted by Crippen LogP contribution is 2.28. The monoisotopic (exact) mass is 251 g/mol.